The highest BCUT2D eigenvalue weighted by Gasteiger charge is 2.16. The second kappa shape index (κ2) is 7.76. The Morgan fingerprint density at radius 3 is 2.81 bits per heavy atom. The zero-order valence-electron chi connectivity index (χ0n) is 10.3. The van der Waals surface area contributed by atoms with Gasteiger partial charge in [0.25, 0.3) is 0 Å². The summed E-state index contributed by atoms with van der Waals surface area (Å²) in [5.41, 5.74) is 4.78. The summed E-state index contributed by atoms with van der Waals surface area (Å²) in [7, 11) is 0. The van der Waals surface area contributed by atoms with Crippen molar-refractivity contribution in [2.24, 2.45) is 11.8 Å². The molecule has 16 heavy (non-hydrogen) atoms. The topological polar surface area (TPSA) is 50.9 Å². The molecular formula is C12H23N3S. The molecule has 0 aromatic carbocycles. The van der Waals surface area contributed by atoms with Crippen LogP contribution in [0, 0.1) is 5.92 Å². The molecule has 4 heteroatoms. The van der Waals surface area contributed by atoms with E-state index in [1.807, 2.05) is 11.7 Å². The van der Waals surface area contributed by atoms with Crippen LogP contribution in [0.25, 0.3) is 0 Å². The number of rotatable bonds is 8. The Labute approximate surface area is 102 Å². The molecular weight excluding hydrogens is 218 g/mol. The monoisotopic (exact) mass is 241 g/mol. The largest absolute Gasteiger partial charge is 0.271 e. The third-order valence-corrected chi connectivity index (χ3v) is 4.00. The Morgan fingerprint density at radius 1 is 1.50 bits per heavy atom. The van der Waals surface area contributed by atoms with E-state index in [1.54, 1.807) is 11.3 Å². The van der Waals surface area contributed by atoms with Gasteiger partial charge in [0.1, 0.15) is 0 Å². The highest BCUT2D eigenvalue weighted by atomic mass is 32.1. The number of nitrogens with zero attached hydrogens (tertiary/aromatic N) is 1. The highest BCUT2D eigenvalue weighted by molar-refractivity contribution is 7.09. The summed E-state index contributed by atoms with van der Waals surface area (Å²) >= 11 is 1.68. The molecule has 1 heterocycles. The van der Waals surface area contributed by atoms with Crippen molar-refractivity contribution in [1.29, 1.82) is 0 Å². The van der Waals surface area contributed by atoms with Gasteiger partial charge in [-0.2, -0.15) is 0 Å². The van der Waals surface area contributed by atoms with Crippen LogP contribution >= 0.6 is 11.3 Å². The molecule has 1 rings (SSSR count). The molecule has 0 bridgehead atoms. The molecule has 0 spiro atoms. The number of aromatic nitrogens is 1. The predicted molar refractivity (Wildman–Crippen MR) is 70.1 cm³/mol. The molecule has 3 nitrogen and oxygen atoms in total. The van der Waals surface area contributed by atoms with Gasteiger partial charge in [-0.15, -0.1) is 11.3 Å². The average Bonchev–Trinajstić information content (AvgIpc) is 2.83. The molecule has 0 aliphatic rings. The van der Waals surface area contributed by atoms with E-state index in [2.05, 4.69) is 24.3 Å². The third-order valence-electron chi connectivity index (χ3n) is 3.11. The van der Waals surface area contributed by atoms with Gasteiger partial charge in [-0.1, -0.05) is 39.5 Å². The maximum atomic E-state index is 5.62. The lowest BCUT2D eigenvalue weighted by atomic mass is 9.92. The van der Waals surface area contributed by atoms with E-state index in [-0.39, 0.29) is 6.04 Å². The van der Waals surface area contributed by atoms with Gasteiger partial charge in [0, 0.05) is 11.1 Å². The van der Waals surface area contributed by atoms with Crippen molar-refractivity contribution in [2.45, 2.75) is 52.0 Å². The maximum absolute atomic E-state index is 5.62. The van der Waals surface area contributed by atoms with Gasteiger partial charge in [-0.25, -0.2) is 0 Å². The van der Waals surface area contributed by atoms with Gasteiger partial charge >= 0.3 is 0 Å². The molecule has 0 amide bonds. The quantitative estimate of drug-likeness (QED) is 0.542. The minimum Gasteiger partial charge on any atom is -0.271 e. The lowest BCUT2D eigenvalue weighted by Crippen LogP contribution is -2.29. The Kier molecular flexibility index (Phi) is 6.61. The number of hydrogen-bond donors (Lipinski definition) is 2. The Balaban J connectivity index is 2.47. The number of thiazole rings is 1. The Morgan fingerprint density at radius 2 is 2.31 bits per heavy atom. The number of hydrazine groups is 1. The van der Waals surface area contributed by atoms with E-state index >= 15 is 0 Å². The first-order valence-electron chi connectivity index (χ1n) is 6.16. The maximum Gasteiger partial charge on any atom is 0.0794 e. The fourth-order valence-electron chi connectivity index (χ4n) is 1.98. The Bertz CT molecular complexity index is 261. The molecule has 2 atom stereocenters. The van der Waals surface area contributed by atoms with Gasteiger partial charge < -0.3 is 0 Å². The SMILES string of the molecule is CCCCC(CC)CC(NN)c1cncs1. The van der Waals surface area contributed by atoms with E-state index in [1.165, 1.54) is 30.6 Å². The molecule has 1 aromatic rings. The number of nitrogens with one attached hydrogen (secondary N) is 1. The van der Waals surface area contributed by atoms with Gasteiger partial charge in [0.15, 0.2) is 0 Å². The van der Waals surface area contributed by atoms with Crippen molar-refractivity contribution < 1.29 is 0 Å². The summed E-state index contributed by atoms with van der Waals surface area (Å²) in [6.45, 7) is 4.51. The summed E-state index contributed by atoms with van der Waals surface area (Å²) < 4.78 is 0. The van der Waals surface area contributed by atoms with Crippen LogP contribution in [0.4, 0.5) is 0 Å². The molecule has 0 saturated heterocycles. The smallest absolute Gasteiger partial charge is 0.0794 e. The van der Waals surface area contributed by atoms with Gasteiger partial charge in [-0.05, 0) is 12.3 Å². The predicted octanol–water partition coefficient (Wildman–Crippen LogP) is 3.25. The summed E-state index contributed by atoms with van der Waals surface area (Å²) in [6, 6.07) is 0.273. The summed E-state index contributed by atoms with van der Waals surface area (Å²) in [6.07, 6.45) is 8.17. The van der Waals surface area contributed by atoms with Crippen LogP contribution in [0.3, 0.4) is 0 Å². The fraction of sp³-hybridized carbons (Fsp3) is 0.750. The summed E-state index contributed by atoms with van der Waals surface area (Å²) in [5.74, 6) is 6.39. The van der Waals surface area contributed by atoms with Gasteiger partial charge in [0.2, 0.25) is 0 Å². The first-order valence-corrected chi connectivity index (χ1v) is 7.04. The first-order chi connectivity index (χ1) is 7.81. The number of nitrogens with two attached hydrogens (primary N) is 1. The number of hydrogen-bond acceptors (Lipinski definition) is 4. The Hall–Kier alpha value is -0.450. The van der Waals surface area contributed by atoms with Crippen LogP contribution in [-0.2, 0) is 0 Å². The fourth-order valence-corrected chi connectivity index (χ4v) is 2.67. The molecule has 0 fully saturated rings. The molecule has 2 unspecified atom stereocenters. The average molecular weight is 241 g/mol. The van der Waals surface area contributed by atoms with Crippen molar-refractivity contribution in [3.63, 3.8) is 0 Å². The van der Waals surface area contributed by atoms with Crippen molar-refractivity contribution >= 4 is 11.3 Å². The van der Waals surface area contributed by atoms with Gasteiger partial charge in [-0.3, -0.25) is 16.3 Å². The molecule has 0 saturated carbocycles. The van der Waals surface area contributed by atoms with Crippen LogP contribution in [0.5, 0.6) is 0 Å². The zero-order chi connectivity index (χ0) is 11.8. The van der Waals surface area contributed by atoms with E-state index in [0.29, 0.717) is 0 Å². The standard InChI is InChI=1S/C12H23N3S/c1-3-5-6-10(4-2)7-11(15-13)12-8-14-9-16-12/h8-11,15H,3-7,13H2,1-2H3. The lowest BCUT2D eigenvalue weighted by Gasteiger charge is -2.20. The second-order valence-corrected chi connectivity index (χ2v) is 5.19. The normalized spacial score (nSPS) is 14.9. The van der Waals surface area contributed by atoms with Crippen molar-refractivity contribution in [3.8, 4) is 0 Å². The third kappa shape index (κ3) is 4.20. The first kappa shape index (κ1) is 13.6. The minimum absolute atomic E-state index is 0.273. The van der Waals surface area contributed by atoms with E-state index in [4.69, 9.17) is 5.84 Å². The van der Waals surface area contributed by atoms with Crippen LogP contribution < -0.4 is 11.3 Å². The number of unbranched alkanes of at least 4 members (excludes halogenated alkanes) is 1. The molecule has 0 aliphatic carbocycles. The second-order valence-electron chi connectivity index (χ2n) is 4.28. The van der Waals surface area contributed by atoms with Crippen molar-refractivity contribution in [2.75, 3.05) is 0 Å². The zero-order valence-corrected chi connectivity index (χ0v) is 11.1. The molecule has 92 valence electrons. The van der Waals surface area contributed by atoms with Crippen LogP contribution in [0.2, 0.25) is 0 Å². The molecule has 1 aromatic heterocycles. The minimum atomic E-state index is 0.273. The molecule has 0 radical (unpaired) electrons. The highest BCUT2D eigenvalue weighted by Crippen LogP contribution is 2.27. The van der Waals surface area contributed by atoms with E-state index in [0.717, 1.165) is 12.3 Å². The van der Waals surface area contributed by atoms with E-state index in [9.17, 15) is 0 Å². The molecule has 0 aliphatic heterocycles. The summed E-state index contributed by atoms with van der Waals surface area (Å²) in [4.78, 5) is 5.36. The van der Waals surface area contributed by atoms with Crippen molar-refractivity contribution in [1.82, 2.24) is 10.4 Å². The summed E-state index contributed by atoms with van der Waals surface area (Å²) in [5, 5.41) is 0. The van der Waals surface area contributed by atoms with Crippen LogP contribution in [0.1, 0.15) is 56.9 Å². The van der Waals surface area contributed by atoms with Crippen molar-refractivity contribution in [3.05, 3.63) is 16.6 Å². The van der Waals surface area contributed by atoms with E-state index < -0.39 is 0 Å². The van der Waals surface area contributed by atoms with Crippen LogP contribution in [0.15, 0.2) is 11.7 Å². The lowest BCUT2D eigenvalue weighted by molar-refractivity contribution is 0.359. The molecule has 3 N–H and O–H groups in total. The van der Waals surface area contributed by atoms with Crippen LogP contribution in [-0.4, -0.2) is 4.98 Å². The van der Waals surface area contributed by atoms with Gasteiger partial charge in [0.05, 0.1) is 11.6 Å².